The highest BCUT2D eigenvalue weighted by atomic mass is 35.5. The third-order valence-corrected chi connectivity index (χ3v) is 2.55. The highest BCUT2D eigenvalue weighted by Gasteiger charge is 2.06. The number of hydrogen-bond acceptors (Lipinski definition) is 3. The molecule has 1 rings (SSSR count). The van der Waals surface area contributed by atoms with Crippen LogP contribution in [0.3, 0.4) is 0 Å². The van der Waals surface area contributed by atoms with Crippen molar-refractivity contribution in [2.24, 2.45) is 0 Å². The van der Waals surface area contributed by atoms with Crippen molar-refractivity contribution < 1.29 is 9.53 Å². The Labute approximate surface area is 113 Å². The molecule has 0 saturated carbocycles. The number of nitrogens with zero attached hydrogens (tertiary/aromatic N) is 1. The largest absolute Gasteiger partial charge is 0.381 e. The number of nitrogens with one attached hydrogen (secondary N) is 1. The summed E-state index contributed by atoms with van der Waals surface area (Å²) in [6.45, 7) is 4.17. The van der Waals surface area contributed by atoms with E-state index in [2.05, 4.69) is 17.2 Å². The highest BCUT2D eigenvalue weighted by molar-refractivity contribution is 6.29. The van der Waals surface area contributed by atoms with Crippen LogP contribution in [0, 0.1) is 0 Å². The van der Waals surface area contributed by atoms with Gasteiger partial charge in [0.15, 0.2) is 0 Å². The molecule has 0 aliphatic rings. The monoisotopic (exact) mass is 270 g/mol. The van der Waals surface area contributed by atoms with Crippen LogP contribution in [0.4, 0.5) is 0 Å². The Morgan fingerprint density at radius 3 is 2.89 bits per heavy atom. The van der Waals surface area contributed by atoms with Gasteiger partial charge < -0.3 is 10.1 Å². The minimum Gasteiger partial charge on any atom is -0.381 e. The van der Waals surface area contributed by atoms with Crippen molar-refractivity contribution in [2.45, 2.75) is 26.2 Å². The predicted octanol–water partition coefficient (Wildman–Crippen LogP) is 2.67. The summed E-state index contributed by atoms with van der Waals surface area (Å²) in [6.07, 6.45) is 3.02. The second-order valence-corrected chi connectivity index (χ2v) is 4.31. The maximum atomic E-state index is 11.7. The summed E-state index contributed by atoms with van der Waals surface area (Å²) >= 11 is 5.71. The summed E-state index contributed by atoms with van der Waals surface area (Å²) in [7, 11) is 0. The molecule has 1 heterocycles. The number of amides is 1. The van der Waals surface area contributed by atoms with Gasteiger partial charge in [-0.1, -0.05) is 31.0 Å². The van der Waals surface area contributed by atoms with E-state index < -0.39 is 0 Å². The lowest BCUT2D eigenvalue weighted by atomic mass is 10.3. The quantitative estimate of drug-likeness (QED) is 0.584. The van der Waals surface area contributed by atoms with E-state index in [1.54, 1.807) is 18.2 Å². The molecular formula is C13H19ClN2O2. The van der Waals surface area contributed by atoms with E-state index in [1.807, 2.05) is 0 Å². The van der Waals surface area contributed by atoms with E-state index in [0.29, 0.717) is 24.0 Å². The summed E-state index contributed by atoms with van der Waals surface area (Å²) in [5.41, 5.74) is 0.342. The van der Waals surface area contributed by atoms with E-state index >= 15 is 0 Å². The maximum absolute atomic E-state index is 11.7. The highest BCUT2D eigenvalue weighted by Crippen LogP contribution is 2.04. The molecule has 1 N–H and O–H groups in total. The predicted molar refractivity (Wildman–Crippen MR) is 71.9 cm³/mol. The van der Waals surface area contributed by atoms with Crippen LogP contribution >= 0.6 is 11.6 Å². The van der Waals surface area contributed by atoms with Gasteiger partial charge in [-0.05, 0) is 25.0 Å². The first-order valence-corrected chi connectivity index (χ1v) is 6.60. The molecule has 1 aromatic heterocycles. The van der Waals surface area contributed by atoms with Crippen molar-refractivity contribution in [3.8, 4) is 0 Å². The van der Waals surface area contributed by atoms with E-state index in [4.69, 9.17) is 16.3 Å². The second kappa shape index (κ2) is 8.89. The molecule has 0 aliphatic heterocycles. The summed E-state index contributed by atoms with van der Waals surface area (Å²) in [5.74, 6) is -0.203. The Balaban J connectivity index is 2.14. The molecule has 0 radical (unpaired) electrons. The van der Waals surface area contributed by atoms with Gasteiger partial charge in [-0.2, -0.15) is 0 Å². The van der Waals surface area contributed by atoms with Crippen LogP contribution in [0.15, 0.2) is 18.2 Å². The molecule has 100 valence electrons. The van der Waals surface area contributed by atoms with Crippen molar-refractivity contribution in [1.82, 2.24) is 10.3 Å². The number of carbonyl (C=O) groups excluding carboxylic acids is 1. The van der Waals surface area contributed by atoms with Gasteiger partial charge in [0.1, 0.15) is 10.8 Å². The van der Waals surface area contributed by atoms with Crippen LogP contribution in [-0.4, -0.2) is 30.6 Å². The van der Waals surface area contributed by atoms with E-state index in [9.17, 15) is 4.79 Å². The van der Waals surface area contributed by atoms with Gasteiger partial charge in [0.25, 0.3) is 5.91 Å². The third kappa shape index (κ3) is 5.98. The molecule has 0 fully saturated rings. The number of halogens is 1. The first-order chi connectivity index (χ1) is 8.74. The molecule has 0 atom stereocenters. The molecule has 0 unspecified atom stereocenters. The first kappa shape index (κ1) is 14.9. The van der Waals surface area contributed by atoms with Crippen molar-refractivity contribution in [2.75, 3.05) is 19.8 Å². The smallest absolute Gasteiger partial charge is 0.269 e. The van der Waals surface area contributed by atoms with Crippen LogP contribution < -0.4 is 5.32 Å². The zero-order chi connectivity index (χ0) is 13.2. The number of pyridine rings is 1. The van der Waals surface area contributed by atoms with Crippen molar-refractivity contribution in [1.29, 1.82) is 0 Å². The van der Waals surface area contributed by atoms with Gasteiger partial charge in [-0.3, -0.25) is 4.79 Å². The molecule has 0 aliphatic carbocycles. The summed E-state index contributed by atoms with van der Waals surface area (Å²) in [5, 5.41) is 3.10. The van der Waals surface area contributed by atoms with Crippen LogP contribution in [0.5, 0.6) is 0 Å². The van der Waals surface area contributed by atoms with E-state index in [-0.39, 0.29) is 5.91 Å². The molecule has 1 amide bonds. The normalized spacial score (nSPS) is 10.3. The fourth-order valence-corrected chi connectivity index (χ4v) is 1.51. The lowest BCUT2D eigenvalue weighted by molar-refractivity contribution is 0.0935. The van der Waals surface area contributed by atoms with Crippen molar-refractivity contribution >= 4 is 17.5 Å². The van der Waals surface area contributed by atoms with Crippen LogP contribution in [0.2, 0.25) is 5.15 Å². The van der Waals surface area contributed by atoms with E-state index in [0.717, 1.165) is 25.9 Å². The van der Waals surface area contributed by atoms with E-state index in [1.165, 1.54) is 0 Å². The Bertz CT molecular complexity index is 372. The van der Waals surface area contributed by atoms with Crippen LogP contribution in [-0.2, 0) is 4.74 Å². The Kier molecular flexibility index (Phi) is 7.37. The molecular weight excluding hydrogens is 252 g/mol. The fraction of sp³-hybridized carbons (Fsp3) is 0.538. The summed E-state index contributed by atoms with van der Waals surface area (Å²) in [6, 6.07) is 4.98. The van der Waals surface area contributed by atoms with Crippen molar-refractivity contribution in [3.05, 3.63) is 29.0 Å². The zero-order valence-electron chi connectivity index (χ0n) is 10.6. The number of hydrogen-bond donors (Lipinski definition) is 1. The van der Waals surface area contributed by atoms with Crippen molar-refractivity contribution in [3.63, 3.8) is 0 Å². The summed E-state index contributed by atoms with van der Waals surface area (Å²) < 4.78 is 5.39. The zero-order valence-corrected chi connectivity index (χ0v) is 11.4. The van der Waals surface area contributed by atoms with Gasteiger partial charge in [-0.25, -0.2) is 4.98 Å². The second-order valence-electron chi connectivity index (χ2n) is 3.92. The number of aromatic nitrogens is 1. The van der Waals surface area contributed by atoms with Crippen LogP contribution in [0.1, 0.15) is 36.7 Å². The van der Waals surface area contributed by atoms with Gasteiger partial charge >= 0.3 is 0 Å². The van der Waals surface area contributed by atoms with Crippen LogP contribution in [0.25, 0.3) is 0 Å². The standard InChI is InChI=1S/C13H19ClN2O2/c1-2-3-9-18-10-5-8-15-13(17)11-6-4-7-12(14)16-11/h4,6-7H,2-3,5,8-10H2,1H3,(H,15,17). The lowest BCUT2D eigenvalue weighted by Crippen LogP contribution is -2.26. The SMILES string of the molecule is CCCCOCCCNC(=O)c1cccc(Cl)n1. The molecule has 0 spiro atoms. The number of unbranched alkanes of at least 4 members (excludes halogenated alkanes) is 1. The maximum Gasteiger partial charge on any atom is 0.269 e. The molecule has 0 aromatic carbocycles. The molecule has 0 saturated heterocycles. The Hall–Kier alpha value is -1.13. The minimum absolute atomic E-state index is 0.203. The lowest BCUT2D eigenvalue weighted by Gasteiger charge is -2.05. The topological polar surface area (TPSA) is 51.2 Å². The third-order valence-electron chi connectivity index (χ3n) is 2.34. The Morgan fingerprint density at radius 2 is 2.17 bits per heavy atom. The molecule has 4 nitrogen and oxygen atoms in total. The molecule has 5 heteroatoms. The van der Waals surface area contributed by atoms with Gasteiger partial charge in [-0.15, -0.1) is 0 Å². The minimum atomic E-state index is -0.203. The average Bonchev–Trinajstić information content (AvgIpc) is 2.37. The summed E-state index contributed by atoms with van der Waals surface area (Å²) in [4.78, 5) is 15.6. The number of rotatable bonds is 8. The molecule has 18 heavy (non-hydrogen) atoms. The Morgan fingerprint density at radius 1 is 1.39 bits per heavy atom. The molecule has 0 bridgehead atoms. The fourth-order valence-electron chi connectivity index (χ4n) is 1.35. The van der Waals surface area contributed by atoms with Gasteiger partial charge in [0.05, 0.1) is 0 Å². The number of ether oxygens (including phenoxy) is 1. The first-order valence-electron chi connectivity index (χ1n) is 6.22. The number of carbonyl (C=O) groups is 1. The molecule has 1 aromatic rings. The van der Waals surface area contributed by atoms with Gasteiger partial charge in [0, 0.05) is 19.8 Å². The van der Waals surface area contributed by atoms with Gasteiger partial charge in [0.2, 0.25) is 0 Å². The average molecular weight is 271 g/mol.